The first-order chi connectivity index (χ1) is 5.22. The van der Waals surface area contributed by atoms with Crippen molar-refractivity contribution in [3.8, 4) is 0 Å². The molecule has 0 heterocycles. The van der Waals surface area contributed by atoms with Crippen LogP contribution in [0.15, 0.2) is 12.2 Å². The Morgan fingerprint density at radius 1 is 1.36 bits per heavy atom. The topological polar surface area (TPSA) is 12.0 Å². The number of rotatable bonds is 5. The van der Waals surface area contributed by atoms with Gasteiger partial charge in [0.25, 0.3) is 0 Å². The molecule has 0 aromatic heterocycles. The Morgan fingerprint density at radius 2 is 2.00 bits per heavy atom. The highest BCUT2D eigenvalue weighted by molar-refractivity contribution is 4.82. The maximum Gasteiger partial charge on any atom is 0.0137 e. The number of hydrogen-bond donors (Lipinski definition) is 1. The van der Waals surface area contributed by atoms with Crippen LogP contribution in [0.4, 0.5) is 0 Å². The summed E-state index contributed by atoms with van der Waals surface area (Å²) in [4.78, 5) is 0. The van der Waals surface area contributed by atoms with Gasteiger partial charge in [0.15, 0.2) is 0 Å². The van der Waals surface area contributed by atoms with Crippen LogP contribution in [0.3, 0.4) is 0 Å². The molecule has 1 nitrogen and oxygen atoms in total. The molecule has 0 aliphatic heterocycles. The standard InChI is InChI=1S/C10H21N/c1-5-7-8-11-10(6-2)9(3)4/h5,7,9-11H,6,8H2,1-4H3/b7-5+. The molecule has 1 atom stereocenters. The molecule has 0 spiro atoms. The summed E-state index contributed by atoms with van der Waals surface area (Å²) in [5, 5.41) is 3.48. The zero-order chi connectivity index (χ0) is 8.69. The lowest BCUT2D eigenvalue weighted by atomic mass is 10.0. The predicted octanol–water partition coefficient (Wildman–Crippen LogP) is 2.59. The van der Waals surface area contributed by atoms with Crippen molar-refractivity contribution >= 4 is 0 Å². The van der Waals surface area contributed by atoms with Gasteiger partial charge in [0.1, 0.15) is 0 Å². The van der Waals surface area contributed by atoms with Crippen molar-refractivity contribution < 1.29 is 0 Å². The van der Waals surface area contributed by atoms with E-state index in [4.69, 9.17) is 0 Å². The van der Waals surface area contributed by atoms with Gasteiger partial charge in [-0.15, -0.1) is 0 Å². The van der Waals surface area contributed by atoms with Crippen LogP contribution in [0.2, 0.25) is 0 Å². The fourth-order valence-electron chi connectivity index (χ4n) is 1.19. The van der Waals surface area contributed by atoms with Gasteiger partial charge in [-0.25, -0.2) is 0 Å². The molecule has 0 fully saturated rings. The van der Waals surface area contributed by atoms with Crippen molar-refractivity contribution in [1.82, 2.24) is 5.32 Å². The fourth-order valence-corrected chi connectivity index (χ4v) is 1.19. The summed E-state index contributed by atoms with van der Waals surface area (Å²) in [7, 11) is 0. The zero-order valence-electron chi connectivity index (χ0n) is 8.22. The van der Waals surface area contributed by atoms with Crippen molar-refractivity contribution in [2.24, 2.45) is 5.92 Å². The largest absolute Gasteiger partial charge is 0.310 e. The van der Waals surface area contributed by atoms with Gasteiger partial charge in [0.2, 0.25) is 0 Å². The molecule has 1 unspecified atom stereocenters. The van der Waals surface area contributed by atoms with Gasteiger partial charge in [0, 0.05) is 12.6 Å². The van der Waals surface area contributed by atoms with Gasteiger partial charge in [-0.3, -0.25) is 0 Å². The fraction of sp³-hybridized carbons (Fsp3) is 0.800. The first-order valence-electron chi connectivity index (χ1n) is 4.56. The van der Waals surface area contributed by atoms with Crippen LogP contribution in [0.25, 0.3) is 0 Å². The normalized spacial score (nSPS) is 14.6. The van der Waals surface area contributed by atoms with Crippen LogP contribution < -0.4 is 5.32 Å². The minimum atomic E-state index is 0.672. The van der Waals surface area contributed by atoms with Gasteiger partial charge in [-0.1, -0.05) is 32.9 Å². The maximum absolute atomic E-state index is 3.48. The summed E-state index contributed by atoms with van der Waals surface area (Å²) < 4.78 is 0. The number of hydrogen-bond acceptors (Lipinski definition) is 1. The second kappa shape index (κ2) is 6.41. The van der Waals surface area contributed by atoms with E-state index in [0.717, 1.165) is 12.5 Å². The summed E-state index contributed by atoms with van der Waals surface area (Å²) >= 11 is 0. The van der Waals surface area contributed by atoms with E-state index in [1.807, 2.05) is 0 Å². The van der Waals surface area contributed by atoms with Crippen LogP contribution >= 0.6 is 0 Å². The molecule has 0 radical (unpaired) electrons. The number of allylic oxidation sites excluding steroid dienone is 1. The molecule has 0 bridgehead atoms. The van der Waals surface area contributed by atoms with Crippen LogP contribution in [-0.4, -0.2) is 12.6 Å². The van der Waals surface area contributed by atoms with Crippen molar-refractivity contribution in [1.29, 1.82) is 0 Å². The number of nitrogens with one attached hydrogen (secondary N) is 1. The lowest BCUT2D eigenvalue weighted by molar-refractivity contribution is 0.404. The average Bonchev–Trinajstić information content (AvgIpc) is 1.97. The van der Waals surface area contributed by atoms with E-state index in [1.165, 1.54) is 6.42 Å². The summed E-state index contributed by atoms with van der Waals surface area (Å²) in [6, 6.07) is 0.672. The highest BCUT2D eigenvalue weighted by Crippen LogP contribution is 2.04. The Bertz CT molecular complexity index is 105. The van der Waals surface area contributed by atoms with E-state index in [1.54, 1.807) is 0 Å². The van der Waals surface area contributed by atoms with E-state index in [0.29, 0.717) is 6.04 Å². The third-order valence-corrected chi connectivity index (χ3v) is 1.98. The lowest BCUT2D eigenvalue weighted by Crippen LogP contribution is -2.33. The Balaban J connectivity index is 3.52. The molecular formula is C10H21N. The van der Waals surface area contributed by atoms with Gasteiger partial charge in [0.05, 0.1) is 0 Å². The SMILES string of the molecule is C/C=C/CNC(CC)C(C)C. The molecule has 0 aliphatic carbocycles. The third-order valence-electron chi connectivity index (χ3n) is 1.98. The molecule has 1 N–H and O–H groups in total. The van der Waals surface area contributed by atoms with Gasteiger partial charge in [-0.2, -0.15) is 0 Å². The van der Waals surface area contributed by atoms with Crippen LogP contribution in [-0.2, 0) is 0 Å². The molecule has 11 heavy (non-hydrogen) atoms. The summed E-state index contributed by atoms with van der Waals surface area (Å²) in [6.07, 6.45) is 5.46. The molecule has 66 valence electrons. The van der Waals surface area contributed by atoms with E-state index >= 15 is 0 Å². The van der Waals surface area contributed by atoms with E-state index in [-0.39, 0.29) is 0 Å². The molecule has 0 saturated carbocycles. The quantitative estimate of drug-likeness (QED) is 0.602. The molecule has 1 heteroatoms. The Hall–Kier alpha value is -0.300. The van der Waals surface area contributed by atoms with E-state index < -0.39 is 0 Å². The third kappa shape index (κ3) is 5.02. The second-order valence-electron chi connectivity index (χ2n) is 3.24. The van der Waals surface area contributed by atoms with Crippen molar-refractivity contribution in [3.63, 3.8) is 0 Å². The van der Waals surface area contributed by atoms with Crippen molar-refractivity contribution in [3.05, 3.63) is 12.2 Å². The summed E-state index contributed by atoms with van der Waals surface area (Å²) in [5.74, 6) is 0.741. The summed E-state index contributed by atoms with van der Waals surface area (Å²) in [6.45, 7) is 9.81. The van der Waals surface area contributed by atoms with E-state index in [9.17, 15) is 0 Å². The van der Waals surface area contributed by atoms with E-state index in [2.05, 4.69) is 45.2 Å². The zero-order valence-corrected chi connectivity index (χ0v) is 8.22. The first kappa shape index (κ1) is 10.7. The molecule has 0 aliphatic rings. The summed E-state index contributed by atoms with van der Waals surface area (Å²) in [5.41, 5.74) is 0. The van der Waals surface area contributed by atoms with Gasteiger partial charge >= 0.3 is 0 Å². The first-order valence-corrected chi connectivity index (χ1v) is 4.56. The molecule has 0 aromatic rings. The van der Waals surface area contributed by atoms with Crippen molar-refractivity contribution in [2.75, 3.05) is 6.54 Å². The smallest absolute Gasteiger partial charge is 0.0137 e. The van der Waals surface area contributed by atoms with Gasteiger partial charge in [-0.05, 0) is 19.3 Å². The lowest BCUT2D eigenvalue weighted by Gasteiger charge is -2.19. The van der Waals surface area contributed by atoms with Crippen LogP contribution in [0.1, 0.15) is 34.1 Å². The molecule has 0 aromatic carbocycles. The molecular weight excluding hydrogens is 134 g/mol. The Labute approximate surface area is 70.9 Å². The molecule has 0 rings (SSSR count). The molecule has 0 amide bonds. The van der Waals surface area contributed by atoms with Gasteiger partial charge < -0.3 is 5.32 Å². The highest BCUT2D eigenvalue weighted by atomic mass is 14.9. The van der Waals surface area contributed by atoms with Crippen LogP contribution in [0.5, 0.6) is 0 Å². The monoisotopic (exact) mass is 155 g/mol. The minimum Gasteiger partial charge on any atom is -0.310 e. The Morgan fingerprint density at radius 3 is 2.36 bits per heavy atom. The predicted molar refractivity (Wildman–Crippen MR) is 51.7 cm³/mol. The second-order valence-corrected chi connectivity index (χ2v) is 3.24. The average molecular weight is 155 g/mol. The maximum atomic E-state index is 3.48. The van der Waals surface area contributed by atoms with Crippen LogP contribution in [0, 0.1) is 5.92 Å². The Kier molecular flexibility index (Phi) is 6.24. The van der Waals surface area contributed by atoms with Crippen molar-refractivity contribution in [2.45, 2.75) is 40.2 Å². The highest BCUT2D eigenvalue weighted by Gasteiger charge is 2.07. The minimum absolute atomic E-state index is 0.672. The molecule has 0 saturated heterocycles.